The van der Waals surface area contributed by atoms with Gasteiger partial charge < -0.3 is 10.1 Å². The molecule has 1 aromatic heterocycles. The number of hydrogen-bond acceptors (Lipinski definition) is 6. The predicted octanol–water partition coefficient (Wildman–Crippen LogP) is 3.93. The first-order valence-corrected chi connectivity index (χ1v) is 12.3. The Balaban J connectivity index is 1.31. The number of carbonyl (C=O) groups is 1. The number of nitrogens with zero attached hydrogens (tertiary/aromatic N) is 3. The molecule has 0 atom stereocenters. The van der Waals surface area contributed by atoms with Gasteiger partial charge in [-0.05, 0) is 73.7 Å². The zero-order valence-corrected chi connectivity index (χ0v) is 19.2. The van der Waals surface area contributed by atoms with Gasteiger partial charge in [0.25, 0.3) is 0 Å². The second-order valence-electron chi connectivity index (χ2n) is 7.91. The van der Waals surface area contributed by atoms with Gasteiger partial charge in [-0.15, -0.1) is 0 Å². The van der Waals surface area contributed by atoms with Gasteiger partial charge in [0, 0.05) is 37.6 Å². The fourth-order valence-electron chi connectivity index (χ4n) is 3.66. The lowest BCUT2D eigenvalue weighted by Crippen LogP contribution is -2.27. The summed E-state index contributed by atoms with van der Waals surface area (Å²) in [5, 5.41) is 2.92. The molecule has 1 aliphatic rings. The summed E-state index contributed by atoms with van der Waals surface area (Å²) in [6.45, 7) is 3.04. The Bertz CT molecular complexity index is 1210. The molecule has 8 nitrogen and oxygen atoms in total. The predicted molar refractivity (Wildman–Crippen MR) is 125 cm³/mol. The van der Waals surface area contributed by atoms with Gasteiger partial charge in [-0.3, -0.25) is 4.79 Å². The molecule has 1 aliphatic heterocycles. The number of rotatable bonds is 8. The van der Waals surface area contributed by atoms with Crippen molar-refractivity contribution in [1.82, 2.24) is 14.3 Å². The Morgan fingerprint density at radius 3 is 2.42 bits per heavy atom. The molecule has 0 saturated carbocycles. The molecule has 3 aromatic rings. The third kappa shape index (κ3) is 5.74. The third-order valence-corrected chi connectivity index (χ3v) is 7.40. The first-order valence-electron chi connectivity index (χ1n) is 10.9. The van der Waals surface area contributed by atoms with Gasteiger partial charge in [-0.25, -0.2) is 18.4 Å². The number of anilines is 1. The highest BCUT2D eigenvalue weighted by Crippen LogP contribution is 2.25. The van der Waals surface area contributed by atoms with Crippen LogP contribution in [0.25, 0.3) is 0 Å². The van der Waals surface area contributed by atoms with E-state index in [0.717, 1.165) is 24.0 Å². The zero-order valence-electron chi connectivity index (χ0n) is 18.4. The van der Waals surface area contributed by atoms with Gasteiger partial charge in [0.05, 0.1) is 4.90 Å². The van der Waals surface area contributed by atoms with Crippen LogP contribution >= 0.6 is 0 Å². The molecule has 9 heteroatoms. The van der Waals surface area contributed by atoms with E-state index in [0.29, 0.717) is 35.8 Å². The molecule has 0 bridgehead atoms. The van der Waals surface area contributed by atoms with Crippen LogP contribution in [0.2, 0.25) is 0 Å². The van der Waals surface area contributed by atoms with Crippen molar-refractivity contribution in [3.05, 3.63) is 72.1 Å². The number of aryl methyl sites for hydroxylation is 2. The summed E-state index contributed by atoms with van der Waals surface area (Å²) in [6, 6.07) is 14.1. The molecular formula is C24H26N4O4S. The number of hydrogen-bond donors (Lipinski definition) is 1. The lowest BCUT2D eigenvalue weighted by Gasteiger charge is -2.15. The summed E-state index contributed by atoms with van der Waals surface area (Å²) in [6.07, 6.45) is 5.81. The molecule has 33 heavy (non-hydrogen) atoms. The van der Waals surface area contributed by atoms with Gasteiger partial charge in [-0.1, -0.05) is 12.1 Å². The Morgan fingerprint density at radius 1 is 1.06 bits per heavy atom. The Labute approximate surface area is 193 Å². The van der Waals surface area contributed by atoms with Crippen molar-refractivity contribution in [3.63, 3.8) is 0 Å². The number of ether oxygens (including phenoxy) is 1. The van der Waals surface area contributed by atoms with E-state index in [1.165, 1.54) is 4.31 Å². The summed E-state index contributed by atoms with van der Waals surface area (Å²) in [5.41, 5.74) is 2.47. The van der Waals surface area contributed by atoms with Crippen LogP contribution in [0.4, 0.5) is 5.69 Å². The van der Waals surface area contributed by atoms with Gasteiger partial charge in [0.2, 0.25) is 15.9 Å². The summed E-state index contributed by atoms with van der Waals surface area (Å²) in [7, 11) is -3.42. The second-order valence-corrected chi connectivity index (χ2v) is 9.85. The van der Waals surface area contributed by atoms with Crippen molar-refractivity contribution >= 4 is 21.6 Å². The Hall–Kier alpha value is -3.30. The molecule has 2 aromatic carbocycles. The average molecular weight is 467 g/mol. The standard InChI is InChI=1S/C24H26N4O4S/c1-18-17-20(32-24-25-13-4-14-26-24)8-11-22(18)27-23(29)12-7-19-5-9-21(10-6-19)33(30,31)28-15-2-3-16-28/h4-6,8-11,13-14,17H,2-3,7,12,15-16H2,1H3,(H,27,29). The maximum atomic E-state index is 12.6. The van der Waals surface area contributed by atoms with Crippen molar-refractivity contribution in [2.24, 2.45) is 0 Å². The van der Waals surface area contributed by atoms with E-state index in [9.17, 15) is 13.2 Å². The number of amides is 1. The maximum Gasteiger partial charge on any atom is 0.321 e. The van der Waals surface area contributed by atoms with E-state index < -0.39 is 10.0 Å². The minimum atomic E-state index is -3.42. The van der Waals surface area contributed by atoms with E-state index >= 15 is 0 Å². The maximum absolute atomic E-state index is 12.6. The summed E-state index contributed by atoms with van der Waals surface area (Å²) < 4.78 is 32.4. The van der Waals surface area contributed by atoms with Crippen molar-refractivity contribution < 1.29 is 17.9 Å². The van der Waals surface area contributed by atoms with E-state index in [2.05, 4.69) is 15.3 Å². The largest absolute Gasteiger partial charge is 0.424 e. The minimum absolute atomic E-state index is 0.119. The summed E-state index contributed by atoms with van der Waals surface area (Å²) >= 11 is 0. The average Bonchev–Trinajstić information content (AvgIpc) is 3.37. The molecule has 0 radical (unpaired) electrons. The lowest BCUT2D eigenvalue weighted by atomic mass is 10.1. The molecule has 4 rings (SSSR count). The van der Waals surface area contributed by atoms with Crippen LogP contribution < -0.4 is 10.1 Å². The van der Waals surface area contributed by atoms with Crippen LogP contribution in [0.3, 0.4) is 0 Å². The molecular weight excluding hydrogens is 440 g/mol. The number of aromatic nitrogens is 2. The fourth-order valence-corrected chi connectivity index (χ4v) is 5.18. The SMILES string of the molecule is Cc1cc(Oc2ncccn2)ccc1NC(=O)CCc1ccc(S(=O)(=O)N2CCCC2)cc1. The first kappa shape index (κ1) is 22.9. The monoisotopic (exact) mass is 466 g/mol. The molecule has 1 saturated heterocycles. The highest BCUT2D eigenvalue weighted by atomic mass is 32.2. The van der Waals surface area contributed by atoms with Crippen molar-refractivity contribution in [2.75, 3.05) is 18.4 Å². The quantitative estimate of drug-likeness (QED) is 0.540. The van der Waals surface area contributed by atoms with Crippen LogP contribution in [0.5, 0.6) is 11.8 Å². The summed E-state index contributed by atoms with van der Waals surface area (Å²) in [4.78, 5) is 20.8. The molecule has 0 unspecified atom stereocenters. The van der Waals surface area contributed by atoms with Gasteiger partial charge >= 0.3 is 6.01 Å². The Kier molecular flexibility index (Phi) is 7.00. The highest BCUT2D eigenvalue weighted by molar-refractivity contribution is 7.89. The van der Waals surface area contributed by atoms with E-state index in [1.54, 1.807) is 54.9 Å². The van der Waals surface area contributed by atoms with Crippen molar-refractivity contribution in [3.8, 4) is 11.8 Å². The smallest absolute Gasteiger partial charge is 0.321 e. The zero-order chi connectivity index (χ0) is 23.3. The van der Waals surface area contributed by atoms with Crippen molar-refractivity contribution in [1.29, 1.82) is 0 Å². The van der Waals surface area contributed by atoms with Crippen LogP contribution in [0.15, 0.2) is 65.8 Å². The molecule has 1 N–H and O–H groups in total. The van der Waals surface area contributed by atoms with E-state index in [-0.39, 0.29) is 18.3 Å². The van der Waals surface area contributed by atoms with Crippen LogP contribution in [-0.4, -0.2) is 41.7 Å². The third-order valence-electron chi connectivity index (χ3n) is 5.49. The van der Waals surface area contributed by atoms with Gasteiger partial charge in [0.15, 0.2) is 0 Å². The Morgan fingerprint density at radius 2 is 1.76 bits per heavy atom. The minimum Gasteiger partial charge on any atom is -0.424 e. The van der Waals surface area contributed by atoms with Crippen LogP contribution in [0.1, 0.15) is 30.4 Å². The molecule has 1 fully saturated rings. The van der Waals surface area contributed by atoms with Gasteiger partial charge in [-0.2, -0.15) is 4.31 Å². The molecule has 1 amide bonds. The first-order chi connectivity index (χ1) is 15.9. The van der Waals surface area contributed by atoms with Crippen LogP contribution in [-0.2, 0) is 21.2 Å². The normalized spacial score (nSPS) is 14.2. The van der Waals surface area contributed by atoms with Crippen LogP contribution in [0, 0.1) is 6.92 Å². The molecule has 2 heterocycles. The number of sulfonamides is 1. The lowest BCUT2D eigenvalue weighted by molar-refractivity contribution is -0.116. The summed E-state index contributed by atoms with van der Waals surface area (Å²) in [5.74, 6) is 0.465. The topological polar surface area (TPSA) is 101 Å². The van der Waals surface area contributed by atoms with E-state index in [1.807, 2.05) is 13.0 Å². The highest BCUT2D eigenvalue weighted by Gasteiger charge is 2.26. The fraction of sp³-hybridized carbons (Fsp3) is 0.292. The van der Waals surface area contributed by atoms with E-state index in [4.69, 9.17) is 4.74 Å². The van der Waals surface area contributed by atoms with Gasteiger partial charge in [0.1, 0.15) is 5.75 Å². The molecule has 0 spiro atoms. The molecule has 0 aliphatic carbocycles. The number of carbonyl (C=O) groups excluding carboxylic acids is 1. The number of benzene rings is 2. The number of nitrogens with one attached hydrogen (secondary N) is 1. The second kappa shape index (κ2) is 10.1. The van der Waals surface area contributed by atoms with Crippen molar-refractivity contribution in [2.45, 2.75) is 37.5 Å². The molecule has 172 valence electrons.